The lowest BCUT2D eigenvalue weighted by Gasteiger charge is -2.19. The number of rotatable bonds is 2. The lowest BCUT2D eigenvalue weighted by molar-refractivity contribution is -0.155. The van der Waals surface area contributed by atoms with Crippen molar-refractivity contribution < 1.29 is 9.53 Å². The fraction of sp³-hybridized carbons (Fsp3) is 0.357. The van der Waals surface area contributed by atoms with Crippen molar-refractivity contribution in [3.8, 4) is 0 Å². The van der Waals surface area contributed by atoms with Crippen LogP contribution < -0.4 is 5.56 Å². The number of hydrogen-bond acceptors (Lipinski definition) is 4. The summed E-state index contributed by atoms with van der Waals surface area (Å²) in [5.74, 6) is -0.515. The minimum Gasteiger partial charge on any atom is -0.459 e. The average molecular weight is 329 g/mol. The summed E-state index contributed by atoms with van der Waals surface area (Å²) in [4.78, 5) is 28.2. The minimum atomic E-state index is -0.614. The molecule has 112 valence electrons. The molecule has 0 saturated carbocycles. The van der Waals surface area contributed by atoms with E-state index < -0.39 is 17.1 Å². The highest BCUT2D eigenvalue weighted by atomic mass is 35.5. The van der Waals surface area contributed by atoms with Gasteiger partial charge in [0, 0.05) is 5.02 Å². The van der Waals surface area contributed by atoms with Gasteiger partial charge in [-0.15, -0.1) is 0 Å². The number of aromatic nitrogens is 2. The number of halogens is 2. The Morgan fingerprint density at radius 3 is 2.62 bits per heavy atom. The zero-order valence-corrected chi connectivity index (χ0v) is 13.3. The summed E-state index contributed by atoms with van der Waals surface area (Å²) < 4.78 is 6.35. The standard InChI is InChI=1S/C14H14Cl2N2O3/c1-14(2,3)21-11(19)6-18-7-17-12-9(13(18)20)4-8(15)5-10(12)16/h4-5,7H,6H2,1-3H3. The maximum absolute atomic E-state index is 12.3. The highest BCUT2D eigenvalue weighted by molar-refractivity contribution is 6.38. The SMILES string of the molecule is CC(C)(C)OC(=O)Cn1cnc2c(Cl)cc(Cl)cc2c1=O. The second-order valence-electron chi connectivity index (χ2n) is 5.55. The van der Waals surface area contributed by atoms with Crippen LogP contribution in [0.15, 0.2) is 23.3 Å². The van der Waals surface area contributed by atoms with Gasteiger partial charge in [0.15, 0.2) is 0 Å². The molecule has 5 nitrogen and oxygen atoms in total. The molecule has 1 aromatic carbocycles. The van der Waals surface area contributed by atoms with E-state index in [1.54, 1.807) is 20.8 Å². The summed E-state index contributed by atoms with van der Waals surface area (Å²) in [5.41, 5.74) is -0.654. The summed E-state index contributed by atoms with van der Waals surface area (Å²) in [6.45, 7) is 5.05. The number of nitrogens with zero attached hydrogens (tertiary/aromatic N) is 2. The smallest absolute Gasteiger partial charge is 0.326 e. The van der Waals surface area contributed by atoms with Gasteiger partial charge < -0.3 is 4.74 Å². The Morgan fingerprint density at radius 2 is 2.00 bits per heavy atom. The van der Waals surface area contributed by atoms with Crippen LogP contribution >= 0.6 is 23.2 Å². The minimum absolute atomic E-state index is 0.219. The van der Waals surface area contributed by atoms with E-state index in [0.29, 0.717) is 15.6 Å². The van der Waals surface area contributed by atoms with Crippen LogP contribution in [0.2, 0.25) is 10.0 Å². The predicted molar refractivity (Wildman–Crippen MR) is 81.9 cm³/mol. The van der Waals surface area contributed by atoms with Gasteiger partial charge in [0.25, 0.3) is 5.56 Å². The van der Waals surface area contributed by atoms with Crippen molar-refractivity contribution in [1.82, 2.24) is 9.55 Å². The van der Waals surface area contributed by atoms with E-state index in [9.17, 15) is 9.59 Å². The molecule has 0 fully saturated rings. The maximum atomic E-state index is 12.3. The van der Waals surface area contributed by atoms with E-state index in [2.05, 4.69) is 4.98 Å². The third kappa shape index (κ3) is 3.74. The van der Waals surface area contributed by atoms with E-state index >= 15 is 0 Å². The summed E-state index contributed by atoms with van der Waals surface area (Å²) in [5, 5.41) is 0.888. The molecule has 1 heterocycles. The molecule has 21 heavy (non-hydrogen) atoms. The van der Waals surface area contributed by atoms with Crippen LogP contribution in [-0.4, -0.2) is 21.1 Å². The number of hydrogen-bond donors (Lipinski definition) is 0. The Kier molecular flexibility index (Phi) is 4.25. The van der Waals surface area contributed by atoms with E-state index in [1.807, 2.05) is 0 Å². The third-order valence-corrected chi connectivity index (χ3v) is 3.07. The normalized spacial score (nSPS) is 11.7. The highest BCUT2D eigenvalue weighted by Crippen LogP contribution is 2.23. The first-order valence-corrected chi connectivity index (χ1v) is 6.99. The van der Waals surface area contributed by atoms with Crippen LogP contribution in [-0.2, 0) is 16.1 Å². The first-order chi connectivity index (χ1) is 9.67. The van der Waals surface area contributed by atoms with Gasteiger partial charge in [-0.05, 0) is 32.9 Å². The Balaban J connectivity index is 2.41. The van der Waals surface area contributed by atoms with E-state index in [-0.39, 0.29) is 11.9 Å². The fourth-order valence-electron chi connectivity index (χ4n) is 1.82. The van der Waals surface area contributed by atoms with Gasteiger partial charge in [0.2, 0.25) is 0 Å². The van der Waals surface area contributed by atoms with Crippen LogP contribution in [0.1, 0.15) is 20.8 Å². The van der Waals surface area contributed by atoms with Gasteiger partial charge in [-0.2, -0.15) is 0 Å². The summed E-state index contributed by atoms with van der Waals surface area (Å²) in [6.07, 6.45) is 1.27. The molecule has 0 spiro atoms. The first-order valence-electron chi connectivity index (χ1n) is 6.23. The Labute approximate surface area is 131 Å². The van der Waals surface area contributed by atoms with Crippen molar-refractivity contribution in [3.63, 3.8) is 0 Å². The monoisotopic (exact) mass is 328 g/mol. The predicted octanol–water partition coefficient (Wildman–Crippen LogP) is 3.05. The van der Waals surface area contributed by atoms with Crippen LogP contribution in [0.3, 0.4) is 0 Å². The molecule has 0 N–H and O–H groups in total. The molecule has 2 rings (SSSR count). The molecule has 0 unspecified atom stereocenters. The number of esters is 1. The second-order valence-corrected chi connectivity index (χ2v) is 6.39. The van der Waals surface area contributed by atoms with Crippen molar-refractivity contribution >= 4 is 40.1 Å². The first kappa shape index (κ1) is 15.8. The Hall–Kier alpha value is -1.59. The maximum Gasteiger partial charge on any atom is 0.326 e. The van der Waals surface area contributed by atoms with Gasteiger partial charge in [-0.3, -0.25) is 14.2 Å². The fourth-order valence-corrected chi connectivity index (χ4v) is 2.36. The van der Waals surface area contributed by atoms with Gasteiger partial charge in [-0.25, -0.2) is 4.98 Å². The average Bonchev–Trinajstić information content (AvgIpc) is 2.31. The summed E-state index contributed by atoms with van der Waals surface area (Å²) >= 11 is 11.9. The highest BCUT2D eigenvalue weighted by Gasteiger charge is 2.18. The molecule has 0 bridgehead atoms. The molecule has 2 aromatic rings. The molecule has 0 aliphatic heterocycles. The number of fused-ring (bicyclic) bond motifs is 1. The zero-order valence-electron chi connectivity index (χ0n) is 11.8. The van der Waals surface area contributed by atoms with E-state index in [1.165, 1.54) is 23.0 Å². The Morgan fingerprint density at radius 1 is 1.33 bits per heavy atom. The largest absolute Gasteiger partial charge is 0.459 e. The third-order valence-electron chi connectivity index (χ3n) is 2.57. The zero-order chi connectivity index (χ0) is 15.8. The number of ether oxygens (including phenoxy) is 1. The van der Waals surface area contributed by atoms with Crippen molar-refractivity contribution in [2.24, 2.45) is 0 Å². The van der Waals surface area contributed by atoms with Crippen LogP contribution in [0.4, 0.5) is 0 Å². The van der Waals surface area contributed by atoms with Crippen molar-refractivity contribution in [2.75, 3.05) is 0 Å². The molecule has 0 saturated heterocycles. The van der Waals surface area contributed by atoms with Crippen molar-refractivity contribution in [3.05, 3.63) is 38.9 Å². The topological polar surface area (TPSA) is 61.2 Å². The van der Waals surface area contributed by atoms with Crippen LogP contribution in [0.25, 0.3) is 10.9 Å². The van der Waals surface area contributed by atoms with E-state index in [4.69, 9.17) is 27.9 Å². The molecule has 0 amide bonds. The number of benzene rings is 1. The second kappa shape index (κ2) is 5.66. The van der Waals surface area contributed by atoms with Crippen LogP contribution in [0, 0.1) is 0 Å². The van der Waals surface area contributed by atoms with E-state index in [0.717, 1.165) is 0 Å². The van der Waals surface area contributed by atoms with Gasteiger partial charge in [0.05, 0.1) is 22.3 Å². The summed E-state index contributed by atoms with van der Waals surface area (Å²) in [6, 6.07) is 2.99. The van der Waals surface area contributed by atoms with Gasteiger partial charge >= 0.3 is 5.97 Å². The molecule has 1 aromatic heterocycles. The number of carbonyl (C=O) groups is 1. The van der Waals surface area contributed by atoms with Crippen molar-refractivity contribution in [1.29, 1.82) is 0 Å². The molecule has 0 atom stereocenters. The van der Waals surface area contributed by atoms with Crippen molar-refractivity contribution in [2.45, 2.75) is 32.9 Å². The lowest BCUT2D eigenvalue weighted by Crippen LogP contribution is -2.30. The quantitative estimate of drug-likeness (QED) is 0.795. The van der Waals surface area contributed by atoms with Gasteiger partial charge in [-0.1, -0.05) is 23.2 Å². The lowest BCUT2D eigenvalue weighted by atomic mass is 10.2. The van der Waals surface area contributed by atoms with Crippen LogP contribution in [0.5, 0.6) is 0 Å². The molecule has 7 heteroatoms. The Bertz CT molecular complexity index is 763. The molecular formula is C14H14Cl2N2O3. The molecule has 0 radical (unpaired) electrons. The molecular weight excluding hydrogens is 315 g/mol. The summed E-state index contributed by atoms with van der Waals surface area (Å²) in [7, 11) is 0. The molecule has 0 aliphatic carbocycles. The number of carbonyl (C=O) groups excluding carboxylic acids is 1. The molecule has 0 aliphatic rings. The van der Waals surface area contributed by atoms with Gasteiger partial charge in [0.1, 0.15) is 12.1 Å².